The van der Waals surface area contributed by atoms with Crippen molar-refractivity contribution in [3.05, 3.63) is 80.9 Å². The highest BCUT2D eigenvalue weighted by molar-refractivity contribution is 9.10. The van der Waals surface area contributed by atoms with Crippen LogP contribution in [0.2, 0.25) is 0 Å². The van der Waals surface area contributed by atoms with Gasteiger partial charge in [0.15, 0.2) is 0 Å². The number of benzene rings is 2. The van der Waals surface area contributed by atoms with Crippen molar-refractivity contribution in [2.45, 2.75) is 26.8 Å². The molecule has 0 aliphatic rings. The first kappa shape index (κ1) is 20.0. The van der Waals surface area contributed by atoms with Crippen LogP contribution in [0.4, 0.5) is 5.82 Å². The van der Waals surface area contributed by atoms with Crippen LogP contribution in [0.5, 0.6) is 0 Å². The van der Waals surface area contributed by atoms with Gasteiger partial charge in [-0.2, -0.15) is 5.10 Å². The molecule has 0 bridgehead atoms. The number of nitrogens with zero attached hydrogens (tertiary/aromatic N) is 4. The highest BCUT2D eigenvalue weighted by Gasteiger charge is 2.12. The van der Waals surface area contributed by atoms with Crippen LogP contribution in [0.3, 0.4) is 0 Å². The van der Waals surface area contributed by atoms with Gasteiger partial charge in [-0.15, -0.1) is 0 Å². The SMILES string of the molecule is Cc1ccc(-n2nc(C)cc2NC(=O)CCn2cnc3ccc(Br)cc3c2=O)cc1. The third kappa shape index (κ3) is 4.18. The summed E-state index contributed by atoms with van der Waals surface area (Å²) in [5.41, 5.74) is 3.27. The Kier molecular flexibility index (Phi) is 5.50. The van der Waals surface area contributed by atoms with E-state index in [0.717, 1.165) is 21.4 Å². The number of carbonyl (C=O) groups excluding carboxylic acids is 1. The zero-order valence-corrected chi connectivity index (χ0v) is 18.2. The molecule has 2 heterocycles. The van der Waals surface area contributed by atoms with Crippen LogP contribution in [0.15, 0.2) is 64.1 Å². The van der Waals surface area contributed by atoms with Gasteiger partial charge in [0.1, 0.15) is 5.82 Å². The Labute approximate surface area is 181 Å². The van der Waals surface area contributed by atoms with E-state index in [1.54, 1.807) is 16.8 Å². The van der Waals surface area contributed by atoms with Crippen molar-refractivity contribution < 1.29 is 4.79 Å². The third-order valence-corrected chi connectivity index (χ3v) is 5.24. The number of amides is 1. The van der Waals surface area contributed by atoms with Gasteiger partial charge in [0.05, 0.1) is 28.6 Å². The Morgan fingerprint density at radius 1 is 1.10 bits per heavy atom. The molecule has 152 valence electrons. The third-order valence-electron chi connectivity index (χ3n) is 4.74. The Morgan fingerprint density at radius 3 is 2.63 bits per heavy atom. The van der Waals surface area contributed by atoms with E-state index in [-0.39, 0.29) is 24.4 Å². The molecule has 30 heavy (non-hydrogen) atoms. The van der Waals surface area contributed by atoms with Gasteiger partial charge in [-0.1, -0.05) is 33.6 Å². The minimum atomic E-state index is -0.204. The van der Waals surface area contributed by atoms with Crippen LogP contribution < -0.4 is 10.9 Å². The van der Waals surface area contributed by atoms with Crippen LogP contribution in [0.1, 0.15) is 17.7 Å². The maximum absolute atomic E-state index is 12.7. The molecule has 7 nitrogen and oxygen atoms in total. The van der Waals surface area contributed by atoms with Gasteiger partial charge < -0.3 is 5.32 Å². The standard InChI is InChI=1S/C22H20BrN5O2/c1-14-3-6-17(7-4-14)28-20(11-15(2)26-28)25-21(29)9-10-27-13-24-19-8-5-16(23)12-18(19)22(27)30/h3-8,11-13H,9-10H2,1-2H3,(H,25,29). The highest BCUT2D eigenvalue weighted by atomic mass is 79.9. The van der Waals surface area contributed by atoms with E-state index in [1.807, 2.05) is 50.2 Å². The molecule has 0 radical (unpaired) electrons. The van der Waals surface area contributed by atoms with Crippen molar-refractivity contribution in [2.75, 3.05) is 5.32 Å². The molecule has 1 N–H and O–H groups in total. The second kappa shape index (κ2) is 8.23. The molecule has 0 aliphatic heterocycles. The highest BCUT2D eigenvalue weighted by Crippen LogP contribution is 2.18. The van der Waals surface area contributed by atoms with Gasteiger partial charge >= 0.3 is 0 Å². The molecule has 8 heteroatoms. The lowest BCUT2D eigenvalue weighted by atomic mass is 10.2. The smallest absolute Gasteiger partial charge is 0.261 e. The number of hydrogen-bond acceptors (Lipinski definition) is 4. The van der Waals surface area contributed by atoms with Crippen molar-refractivity contribution in [3.8, 4) is 5.69 Å². The molecule has 0 saturated carbocycles. The van der Waals surface area contributed by atoms with E-state index in [1.165, 1.54) is 10.9 Å². The van der Waals surface area contributed by atoms with Gasteiger partial charge in [0.2, 0.25) is 5.91 Å². The Balaban J connectivity index is 1.50. The Hall–Kier alpha value is -3.26. The zero-order valence-electron chi connectivity index (χ0n) is 16.6. The van der Waals surface area contributed by atoms with E-state index in [4.69, 9.17) is 0 Å². The van der Waals surface area contributed by atoms with Crippen molar-refractivity contribution in [3.63, 3.8) is 0 Å². The van der Waals surface area contributed by atoms with Crippen LogP contribution in [0, 0.1) is 13.8 Å². The van der Waals surface area contributed by atoms with Gasteiger partial charge in [-0.05, 0) is 44.2 Å². The number of aryl methyl sites for hydroxylation is 3. The van der Waals surface area contributed by atoms with Crippen LogP contribution in [0.25, 0.3) is 16.6 Å². The quantitative estimate of drug-likeness (QED) is 0.482. The second-order valence-electron chi connectivity index (χ2n) is 7.12. The van der Waals surface area contributed by atoms with Gasteiger partial charge in [-0.3, -0.25) is 14.2 Å². The molecule has 1 amide bonds. The fraction of sp³-hybridized carbons (Fsp3) is 0.182. The van der Waals surface area contributed by atoms with E-state index >= 15 is 0 Å². The molecule has 0 saturated heterocycles. The van der Waals surface area contributed by atoms with E-state index in [0.29, 0.717) is 16.7 Å². The van der Waals surface area contributed by atoms with Gasteiger partial charge in [-0.25, -0.2) is 9.67 Å². The lowest BCUT2D eigenvalue weighted by Crippen LogP contribution is -2.24. The predicted molar refractivity (Wildman–Crippen MR) is 120 cm³/mol. The van der Waals surface area contributed by atoms with Crippen molar-refractivity contribution in [2.24, 2.45) is 0 Å². The maximum Gasteiger partial charge on any atom is 0.261 e. The second-order valence-corrected chi connectivity index (χ2v) is 8.04. The number of rotatable bonds is 5. The summed E-state index contributed by atoms with van der Waals surface area (Å²) in [5, 5.41) is 7.88. The molecule has 0 fully saturated rings. The van der Waals surface area contributed by atoms with Crippen molar-refractivity contribution in [1.29, 1.82) is 0 Å². The molecule has 0 atom stereocenters. The molecule has 2 aromatic carbocycles. The number of halogens is 1. The summed E-state index contributed by atoms with van der Waals surface area (Å²) in [4.78, 5) is 29.5. The largest absolute Gasteiger partial charge is 0.311 e. The van der Waals surface area contributed by atoms with Gasteiger partial charge in [0, 0.05) is 23.5 Å². The van der Waals surface area contributed by atoms with E-state index in [9.17, 15) is 9.59 Å². The van der Waals surface area contributed by atoms with E-state index in [2.05, 4.69) is 31.3 Å². The fourth-order valence-corrected chi connectivity index (χ4v) is 3.55. The molecule has 4 aromatic rings. The number of carbonyl (C=O) groups is 1. The number of fused-ring (bicyclic) bond motifs is 1. The van der Waals surface area contributed by atoms with Crippen LogP contribution >= 0.6 is 15.9 Å². The average Bonchev–Trinajstić information content (AvgIpc) is 3.08. The summed E-state index contributed by atoms with van der Waals surface area (Å²) >= 11 is 3.37. The molecule has 0 aliphatic carbocycles. The predicted octanol–water partition coefficient (Wildman–Crippen LogP) is 3.99. The summed E-state index contributed by atoms with van der Waals surface area (Å²) in [6.07, 6.45) is 1.62. The molecule has 4 rings (SSSR count). The lowest BCUT2D eigenvalue weighted by molar-refractivity contribution is -0.116. The first-order chi connectivity index (χ1) is 14.4. The van der Waals surface area contributed by atoms with Crippen molar-refractivity contribution in [1.82, 2.24) is 19.3 Å². The summed E-state index contributed by atoms with van der Waals surface area (Å²) in [5.74, 6) is 0.388. The number of aromatic nitrogens is 4. The molecular weight excluding hydrogens is 446 g/mol. The summed E-state index contributed by atoms with van der Waals surface area (Å²) < 4.78 is 3.97. The zero-order chi connectivity index (χ0) is 21.3. The summed E-state index contributed by atoms with van der Waals surface area (Å²) in [6, 6.07) is 15.1. The molecule has 0 unspecified atom stereocenters. The molecular formula is C22H20BrN5O2. The number of anilines is 1. The maximum atomic E-state index is 12.7. The minimum absolute atomic E-state index is 0.138. The van der Waals surface area contributed by atoms with Crippen LogP contribution in [-0.4, -0.2) is 25.2 Å². The monoisotopic (exact) mass is 465 g/mol. The average molecular weight is 466 g/mol. The molecule has 0 spiro atoms. The summed E-state index contributed by atoms with van der Waals surface area (Å²) in [6.45, 7) is 4.12. The summed E-state index contributed by atoms with van der Waals surface area (Å²) in [7, 11) is 0. The first-order valence-electron chi connectivity index (χ1n) is 9.49. The lowest BCUT2D eigenvalue weighted by Gasteiger charge is -2.10. The van der Waals surface area contributed by atoms with Gasteiger partial charge in [0.25, 0.3) is 5.56 Å². The minimum Gasteiger partial charge on any atom is -0.311 e. The van der Waals surface area contributed by atoms with E-state index < -0.39 is 0 Å². The van der Waals surface area contributed by atoms with Crippen LogP contribution in [-0.2, 0) is 11.3 Å². The Bertz CT molecular complexity index is 1290. The Morgan fingerprint density at radius 2 is 1.87 bits per heavy atom. The number of hydrogen-bond donors (Lipinski definition) is 1. The van der Waals surface area contributed by atoms with Crippen molar-refractivity contribution >= 4 is 38.6 Å². The first-order valence-corrected chi connectivity index (χ1v) is 10.3. The number of nitrogens with one attached hydrogen (secondary N) is 1. The normalized spacial score (nSPS) is 11.0. The topological polar surface area (TPSA) is 81.8 Å². The molecule has 2 aromatic heterocycles. The fourth-order valence-electron chi connectivity index (χ4n) is 3.19.